The summed E-state index contributed by atoms with van der Waals surface area (Å²) in [5.74, 6) is 0.323. The Kier molecular flexibility index (Phi) is 9.19. The summed E-state index contributed by atoms with van der Waals surface area (Å²) >= 11 is 0. The molecule has 3 rings (SSSR count). The van der Waals surface area contributed by atoms with E-state index in [0.29, 0.717) is 5.75 Å². The maximum atomic E-state index is 12.2. The van der Waals surface area contributed by atoms with E-state index in [2.05, 4.69) is 23.6 Å². The van der Waals surface area contributed by atoms with Crippen molar-refractivity contribution in [2.45, 2.75) is 45.6 Å². The lowest BCUT2D eigenvalue weighted by Crippen LogP contribution is -2.47. The predicted octanol–water partition coefficient (Wildman–Crippen LogP) is 3.87. The zero-order chi connectivity index (χ0) is 17.9. The third kappa shape index (κ3) is 5.43. The third-order valence-corrected chi connectivity index (χ3v) is 6.03. The first-order valence-electron chi connectivity index (χ1n) is 9.54. The van der Waals surface area contributed by atoms with Crippen LogP contribution in [-0.2, 0) is 9.53 Å². The lowest BCUT2D eigenvalue weighted by Gasteiger charge is -2.36. The molecular formula is C20H32Cl2N2O3. The number of piperazine rings is 1. The van der Waals surface area contributed by atoms with E-state index in [1.165, 1.54) is 0 Å². The smallest absolute Gasteiger partial charge is 0.312 e. The molecule has 0 spiro atoms. The molecule has 0 amide bonds. The fraction of sp³-hybridized carbons (Fsp3) is 0.650. The zero-order valence-corrected chi connectivity index (χ0v) is 17.9. The molecule has 5 nitrogen and oxygen atoms in total. The second kappa shape index (κ2) is 10.4. The van der Waals surface area contributed by atoms with E-state index in [-0.39, 0.29) is 42.3 Å². The fourth-order valence-electron chi connectivity index (χ4n) is 4.05. The summed E-state index contributed by atoms with van der Waals surface area (Å²) in [6.45, 7) is 9.20. The number of halogens is 2. The molecule has 154 valence electrons. The van der Waals surface area contributed by atoms with Gasteiger partial charge in [0.25, 0.3) is 0 Å². The minimum absolute atomic E-state index is 0. The second-order valence-corrected chi connectivity index (χ2v) is 7.35. The Hall–Kier alpha value is -1.17. The van der Waals surface area contributed by atoms with Crippen molar-refractivity contribution in [1.29, 1.82) is 0 Å². The van der Waals surface area contributed by atoms with Crippen LogP contribution in [0.4, 0.5) is 5.69 Å². The number of cyclic esters (lactones) is 1. The van der Waals surface area contributed by atoms with Crippen LogP contribution in [0.1, 0.15) is 39.5 Å². The van der Waals surface area contributed by atoms with Crippen LogP contribution < -0.4 is 4.90 Å². The molecule has 0 saturated carbocycles. The van der Waals surface area contributed by atoms with E-state index in [9.17, 15) is 9.90 Å². The van der Waals surface area contributed by atoms with Crippen LogP contribution in [-0.4, -0.2) is 54.8 Å². The average molecular weight is 419 g/mol. The summed E-state index contributed by atoms with van der Waals surface area (Å²) in [7, 11) is 0. The van der Waals surface area contributed by atoms with Gasteiger partial charge in [0.15, 0.2) is 0 Å². The average Bonchev–Trinajstić information content (AvgIpc) is 2.97. The number of phenols is 1. The third-order valence-electron chi connectivity index (χ3n) is 6.03. The topological polar surface area (TPSA) is 53.0 Å². The number of benzene rings is 1. The van der Waals surface area contributed by atoms with Gasteiger partial charge in [0, 0.05) is 44.8 Å². The Balaban J connectivity index is 0.00000182. The van der Waals surface area contributed by atoms with E-state index in [1.807, 2.05) is 12.1 Å². The molecule has 7 heteroatoms. The normalized spacial score (nSPS) is 21.9. The number of rotatable bonds is 6. The largest absolute Gasteiger partial charge is 0.508 e. The number of carbonyl (C=O) groups excluding carboxylic acids is 1. The van der Waals surface area contributed by atoms with Crippen molar-refractivity contribution in [3.63, 3.8) is 0 Å². The first-order valence-corrected chi connectivity index (χ1v) is 9.54. The van der Waals surface area contributed by atoms with Crippen molar-refractivity contribution in [3.8, 4) is 5.75 Å². The van der Waals surface area contributed by atoms with Crippen LogP contribution in [0.2, 0.25) is 0 Å². The predicted molar refractivity (Wildman–Crippen MR) is 113 cm³/mol. The molecule has 27 heavy (non-hydrogen) atoms. The van der Waals surface area contributed by atoms with Gasteiger partial charge in [-0.1, -0.05) is 13.8 Å². The molecule has 0 bridgehead atoms. The Labute approximate surface area is 174 Å². The van der Waals surface area contributed by atoms with Crippen LogP contribution in [0.3, 0.4) is 0 Å². The highest BCUT2D eigenvalue weighted by Crippen LogP contribution is 2.41. The van der Waals surface area contributed by atoms with Gasteiger partial charge in [-0.2, -0.15) is 0 Å². The van der Waals surface area contributed by atoms with Gasteiger partial charge >= 0.3 is 5.97 Å². The van der Waals surface area contributed by atoms with E-state index >= 15 is 0 Å². The summed E-state index contributed by atoms with van der Waals surface area (Å²) in [5.41, 5.74) is 0.931. The SMILES string of the molecule is CCC1(CC)CC(CCN2CCN(c3ccc(O)cc3)CC2)OC1=O.Cl.Cl. The summed E-state index contributed by atoms with van der Waals surface area (Å²) in [6, 6.07) is 7.42. The molecule has 0 aliphatic carbocycles. The van der Waals surface area contributed by atoms with Gasteiger partial charge in [-0.05, 0) is 43.5 Å². The van der Waals surface area contributed by atoms with Crippen molar-refractivity contribution < 1.29 is 14.6 Å². The fourth-order valence-corrected chi connectivity index (χ4v) is 4.05. The van der Waals surface area contributed by atoms with Crippen molar-refractivity contribution in [2.24, 2.45) is 5.41 Å². The standard InChI is InChI=1S/C20H30N2O3.2ClH/c1-3-20(4-2)15-18(25-19(20)24)9-10-21-11-13-22(14-12-21)16-5-7-17(23)8-6-16;;/h5-8,18,23H,3-4,9-15H2,1-2H3;2*1H. The first-order chi connectivity index (χ1) is 12.1. The first kappa shape index (κ1) is 23.9. The zero-order valence-electron chi connectivity index (χ0n) is 16.2. The highest BCUT2D eigenvalue weighted by atomic mass is 35.5. The number of phenolic OH excluding ortho intramolecular Hbond substituents is 1. The highest BCUT2D eigenvalue weighted by molar-refractivity contribution is 5.85. The van der Waals surface area contributed by atoms with Gasteiger partial charge < -0.3 is 14.7 Å². The molecule has 1 aromatic rings. The van der Waals surface area contributed by atoms with Crippen LogP contribution in [0.15, 0.2) is 24.3 Å². The Bertz CT molecular complexity index is 585. The van der Waals surface area contributed by atoms with E-state index < -0.39 is 0 Å². The lowest BCUT2D eigenvalue weighted by atomic mass is 9.79. The maximum absolute atomic E-state index is 12.2. The van der Waals surface area contributed by atoms with Gasteiger partial charge in [0.1, 0.15) is 11.9 Å². The molecule has 1 atom stereocenters. The molecule has 2 aliphatic heterocycles. The number of esters is 1. The van der Waals surface area contributed by atoms with Crippen molar-refractivity contribution in [3.05, 3.63) is 24.3 Å². The lowest BCUT2D eigenvalue weighted by molar-refractivity contribution is -0.149. The maximum Gasteiger partial charge on any atom is 0.312 e. The monoisotopic (exact) mass is 418 g/mol. The van der Waals surface area contributed by atoms with E-state index in [1.54, 1.807) is 12.1 Å². The number of hydrogen-bond acceptors (Lipinski definition) is 5. The summed E-state index contributed by atoms with van der Waals surface area (Å²) < 4.78 is 5.65. The van der Waals surface area contributed by atoms with Gasteiger partial charge in [-0.15, -0.1) is 24.8 Å². The number of ether oxygens (including phenoxy) is 1. The molecular weight excluding hydrogens is 387 g/mol. The molecule has 0 radical (unpaired) electrons. The minimum atomic E-state index is -0.234. The molecule has 1 unspecified atom stereocenters. The number of anilines is 1. The molecule has 2 aliphatic rings. The summed E-state index contributed by atoms with van der Waals surface area (Å²) in [4.78, 5) is 17.0. The Morgan fingerprint density at radius 3 is 2.19 bits per heavy atom. The summed E-state index contributed by atoms with van der Waals surface area (Å²) in [5, 5.41) is 9.40. The summed E-state index contributed by atoms with van der Waals surface area (Å²) in [6.07, 6.45) is 3.66. The van der Waals surface area contributed by atoms with Gasteiger partial charge in [0.2, 0.25) is 0 Å². The number of carbonyl (C=O) groups is 1. The minimum Gasteiger partial charge on any atom is -0.508 e. The van der Waals surface area contributed by atoms with Crippen LogP contribution in [0.25, 0.3) is 0 Å². The van der Waals surface area contributed by atoms with Crippen molar-refractivity contribution in [1.82, 2.24) is 4.90 Å². The van der Waals surface area contributed by atoms with E-state index in [0.717, 1.165) is 64.1 Å². The molecule has 2 saturated heterocycles. The number of nitrogens with zero attached hydrogens (tertiary/aromatic N) is 2. The second-order valence-electron chi connectivity index (χ2n) is 7.35. The van der Waals surface area contributed by atoms with Crippen LogP contribution in [0.5, 0.6) is 5.75 Å². The van der Waals surface area contributed by atoms with E-state index in [4.69, 9.17) is 4.74 Å². The van der Waals surface area contributed by atoms with Crippen molar-refractivity contribution >= 4 is 36.5 Å². The quantitative estimate of drug-likeness (QED) is 0.710. The van der Waals surface area contributed by atoms with Gasteiger partial charge in [-0.3, -0.25) is 9.69 Å². The number of aromatic hydroxyl groups is 1. The number of hydrogen-bond donors (Lipinski definition) is 1. The molecule has 2 heterocycles. The van der Waals surface area contributed by atoms with Crippen LogP contribution in [0, 0.1) is 5.41 Å². The van der Waals surface area contributed by atoms with Gasteiger partial charge in [0.05, 0.1) is 5.41 Å². The van der Waals surface area contributed by atoms with Gasteiger partial charge in [-0.25, -0.2) is 0 Å². The highest BCUT2D eigenvalue weighted by Gasteiger charge is 2.46. The Morgan fingerprint density at radius 2 is 1.67 bits per heavy atom. The van der Waals surface area contributed by atoms with Crippen LogP contribution >= 0.6 is 24.8 Å². The molecule has 1 aromatic carbocycles. The molecule has 1 N–H and O–H groups in total. The molecule has 2 fully saturated rings. The van der Waals surface area contributed by atoms with Crippen molar-refractivity contribution in [2.75, 3.05) is 37.6 Å². The Morgan fingerprint density at radius 1 is 1.07 bits per heavy atom. The molecule has 0 aromatic heterocycles.